The van der Waals surface area contributed by atoms with Crippen LogP contribution >= 0.6 is 11.6 Å². The highest BCUT2D eigenvalue weighted by atomic mass is 35.5. The van der Waals surface area contributed by atoms with Gasteiger partial charge in [-0.05, 0) is 44.8 Å². The Bertz CT molecular complexity index is 729. The smallest absolute Gasteiger partial charge is 0.193 e. The van der Waals surface area contributed by atoms with E-state index in [4.69, 9.17) is 22.1 Å². The molecule has 0 bridgehead atoms. The van der Waals surface area contributed by atoms with Crippen molar-refractivity contribution in [3.8, 4) is 5.75 Å². The molecule has 134 valence electrons. The molecule has 0 saturated heterocycles. The number of ether oxygens (including phenoxy) is 1. The molecule has 2 aromatic carbocycles. The van der Waals surface area contributed by atoms with Gasteiger partial charge in [-0.1, -0.05) is 41.4 Å². The van der Waals surface area contributed by atoms with Gasteiger partial charge in [-0.25, -0.2) is 0 Å². The molecule has 0 radical (unpaired) electrons. The molecule has 0 spiro atoms. The molecule has 1 atom stereocenters. The van der Waals surface area contributed by atoms with Gasteiger partial charge in [0.1, 0.15) is 5.75 Å². The van der Waals surface area contributed by atoms with E-state index in [9.17, 15) is 0 Å². The number of aryl methyl sites for hydroxylation is 1. The summed E-state index contributed by atoms with van der Waals surface area (Å²) in [6, 6.07) is 14.0. The molecular formula is C19H25ClN4O. The fraction of sp³-hybridized carbons (Fsp3) is 0.316. The van der Waals surface area contributed by atoms with Crippen molar-refractivity contribution >= 4 is 23.2 Å². The number of anilines is 1. The van der Waals surface area contributed by atoms with E-state index in [1.165, 1.54) is 11.1 Å². The van der Waals surface area contributed by atoms with Crippen LogP contribution in [0.3, 0.4) is 0 Å². The van der Waals surface area contributed by atoms with Crippen molar-refractivity contribution in [2.24, 2.45) is 10.7 Å². The highest BCUT2D eigenvalue weighted by Crippen LogP contribution is 2.27. The highest BCUT2D eigenvalue weighted by Gasteiger charge is 2.13. The topological polar surface area (TPSA) is 62.9 Å². The third-order valence-electron chi connectivity index (χ3n) is 3.94. The lowest BCUT2D eigenvalue weighted by atomic mass is 10.0. The molecule has 0 aromatic heterocycles. The van der Waals surface area contributed by atoms with Crippen LogP contribution in [0.15, 0.2) is 47.5 Å². The number of benzene rings is 2. The molecule has 2 aromatic rings. The van der Waals surface area contributed by atoms with Crippen LogP contribution in [0.2, 0.25) is 5.02 Å². The largest absolute Gasteiger partial charge is 0.495 e. The minimum absolute atomic E-state index is 0.153. The second kappa shape index (κ2) is 8.74. The van der Waals surface area contributed by atoms with E-state index in [1.54, 1.807) is 19.2 Å². The van der Waals surface area contributed by atoms with Crippen molar-refractivity contribution in [1.29, 1.82) is 0 Å². The van der Waals surface area contributed by atoms with Crippen molar-refractivity contribution in [3.05, 3.63) is 58.6 Å². The third-order valence-corrected chi connectivity index (χ3v) is 4.24. The second-order valence-electron chi connectivity index (χ2n) is 6.09. The number of hydrogen-bond acceptors (Lipinski definition) is 3. The standard InChI is InChI=1S/C19H25ClN4O/c1-13-5-7-14(8-6-13)17(24(2)3)12-22-19(21)23-15-9-10-18(25-4)16(20)11-15/h5-11,17H,12H2,1-4H3,(H3,21,22,23). The zero-order valence-corrected chi connectivity index (χ0v) is 15.8. The maximum atomic E-state index is 6.12. The molecule has 0 fully saturated rings. The van der Waals surface area contributed by atoms with Crippen molar-refractivity contribution in [1.82, 2.24) is 4.90 Å². The van der Waals surface area contributed by atoms with E-state index >= 15 is 0 Å². The Morgan fingerprint density at radius 2 is 1.92 bits per heavy atom. The average molecular weight is 361 g/mol. The number of methoxy groups -OCH3 is 1. The summed E-state index contributed by atoms with van der Waals surface area (Å²) < 4.78 is 5.14. The first-order valence-corrected chi connectivity index (χ1v) is 8.42. The van der Waals surface area contributed by atoms with Gasteiger partial charge in [0.25, 0.3) is 0 Å². The van der Waals surface area contributed by atoms with Gasteiger partial charge in [-0.3, -0.25) is 4.99 Å². The number of hydrogen-bond donors (Lipinski definition) is 2. The number of rotatable bonds is 6. The first-order chi connectivity index (χ1) is 11.9. The van der Waals surface area contributed by atoms with E-state index in [0.717, 1.165) is 5.69 Å². The number of likely N-dealkylation sites (N-methyl/N-ethyl adjacent to an activating group) is 1. The van der Waals surface area contributed by atoms with E-state index in [-0.39, 0.29) is 6.04 Å². The number of aliphatic imine (C=N–C) groups is 1. The maximum absolute atomic E-state index is 6.12. The zero-order chi connectivity index (χ0) is 18.4. The monoisotopic (exact) mass is 360 g/mol. The van der Waals surface area contributed by atoms with Crippen LogP contribution in [0.5, 0.6) is 5.75 Å². The lowest BCUT2D eigenvalue weighted by molar-refractivity contribution is 0.306. The molecule has 5 nitrogen and oxygen atoms in total. The number of guanidine groups is 1. The van der Waals surface area contributed by atoms with Gasteiger partial charge < -0.3 is 20.7 Å². The minimum Gasteiger partial charge on any atom is -0.495 e. The molecule has 3 N–H and O–H groups in total. The van der Waals surface area contributed by atoms with Gasteiger partial charge in [-0.15, -0.1) is 0 Å². The van der Waals surface area contributed by atoms with Crippen LogP contribution in [-0.2, 0) is 0 Å². The Balaban J connectivity index is 2.07. The molecule has 0 aliphatic carbocycles. The Kier molecular flexibility index (Phi) is 6.67. The van der Waals surface area contributed by atoms with E-state index < -0.39 is 0 Å². The van der Waals surface area contributed by atoms with Crippen LogP contribution in [-0.4, -0.2) is 38.6 Å². The van der Waals surface area contributed by atoms with Gasteiger partial charge in [-0.2, -0.15) is 0 Å². The van der Waals surface area contributed by atoms with Crippen LogP contribution in [0, 0.1) is 6.92 Å². The number of nitrogens with two attached hydrogens (primary N) is 1. The summed E-state index contributed by atoms with van der Waals surface area (Å²) in [6.45, 7) is 2.63. The summed E-state index contributed by atoms with van der Waals surface area (Å²) in [5, 5.41) is 3.58. The van der Waals surface area contributed by atoms with Crippen LogP contribution in [0.1, 0.15) is 17.2 Å². The molecule has 0 aliphatic heterocycles. The van der Waals surface area contributed by atoms with Crippen molar-refractivity contribution in [3.63, 3.8) is 0 Å². The van der Waals surface area contributed by atoms with E-state index in [2.05, 4.69) is 46.4 Å². The first kappa shape index (κ1) is 19.1. The van der Waals surface area contributed by atoms with Gasteiger partial charge in [0.15, 0.2) is 5.96 Å². The van der Waals surface area contributed by atoms with Gasteiger partial charge in [0.2, 0.25) is 0 Å². The predicted octanol–water partition coefficient (Wildman–Crippen LogP) is 3.69. The second-order valence-corrected chi connectivity index (χ2v) is 6.50. The summed E-state index contributed by atoms with van der Waals surface area (Å²) in [6.07, 6.45) is 0. The molecule has 6 heteroatoms. The zero-order valence-electron chi connectivity index (χ0n) is 15.1. The summed E-state index contributed by atoms with van der Waals surface area (Å²) in [5.41, 5.74) is 9.24. The van der Waals surface area contributed by atoms with Crippen molar-refractivity contribution < 1.29 is 4.74 Å². The number of nitrogens with one attached hydrogen (secondary N) is 1. The molecule has 25 heavy (non-hydrogen) atoms. The average Bonchev–Trinajstić information content (AvgIpc) is 2.56. The van der Waals surface area contributed by atoms with Crippen LogP contribution in [0.25, 0.3) is 0 Å². The Morgan fingerprint density at radius 3 is 2.48 bits per heavy atom. The normalized spacial score (nSPS) is 13.0. The van der Waals surface area contributed by atoms with E-state index in [0.29, 0.717) is 23.3 Å². The molecule has 0 heterocycles. The SMILES string of the molecule is COc1ccc(NC(N)=NCC(c2ccc(C)cc2)N(C)C)cc1Cl. The lowest BCUT2D eigenvalue weighted by Crippen LogP contribution is -2.27. The Morgan fingerprint density at radius 1 is 1.24 bits per heavy atom. The maximum Gasteiger partial charge on any atom is 0.193 e. The van der Waals surface area contributed by atoms with Crippen molar-refractivity contribution in [2.45, 2.75) is 13.0 Å². The fourth-order valence-corrected chi connectivity index (χ4v) is 2.73. The first-order valence-electron chi connectivity index (χ1n) is 8.04. The molecular weight excluding hydrogens is 336 g/mol. The third kappa shape index (κ3) is 5.37. The summed E-state index contributed by atoms with van der Waals surface area (Å²) in [7, 11) is 5.65. The summed E-state index contributed by atoms with van der Waals surface area (Å²) in [5.74, 6) is 0.968. The Labute approximate surface area is 154 Å². The molecule has 1 unspecified atom stereocenters. The van der Waals surface area contributed by atoms with Gasteiger partial charge in [0.05, 0.1) is 24.7 Å². The number of halogens is 1. The molecule has 0 saturated carbocycles. The fourth-order valence-electron chi connectivity index (χ4n) is 2.47. The Hall–Kier alpha value is -2.24. The minimum atomic E-state index is 0.153. The van der Waals surface area contributed by atoms with E-state index in [1.807, 2.05) is 20.2 Å². The lowest BCUT2D eigenvalue weighted by Gasteiger charge is -2.23. The molecule has 0 amide bonds. The highest BCUT2D eigenvalue weighted by molar-refractivity contribution is 6.32. The summed E-state index contributed by atoms with van der Waals surface area (Å²) >= 11 is 6.12. The van der Waals surface area contributed by atoms with Crippen molar-refractivity contribution in [2.75, 3.05) is 33.1 Å². The van der Waals surface area contributed by atoms with Gasteiger partial charge in [0, 0.05) is 5.69 Å². The summed E-state index contributed by atoms with van der Waals surface area (Å²) in [4.78, 5) is 6.61. The van der Waals surface area contributed by atoms with Crippen LogP contribution in [0.4, 0.5) is 5.69 Å². The molecule has 0 aliphatic rings. The predicted molar refractivity (Wildman–Crippen MR) is 106 cm³/mol. The quantitative estimate of drug-likeness (QED) is 0.609. The van der Waals surface area contributed by atoms with Crippen LogP contribution < -0.4 is 15.8 Å². The number of nitrogens with zero attached hydrogens (tertiary/aromatic N) is 2. The van der Waals surface area contributed by atoms with Gasteiger partial charge >= 0.3 is 0 Å². The molecule has 2 rings (SSSR count).